The predicted molar refractivity (Wildman–Crippen MR) is 73.8 cm³/mol. The van der Waals surface area contributed by atoms with Gasteiger partial charge < -0.3 is 14.8 Å². The molecule has 5 heteroatoms. The second-order valence-electron chi connectivity index (χ2n) is 5.47. The highest BCUT2D eigenvalue weighted by Crippen LogP contribution is 2.27. The van der Waals surface area contributed by atoms with Gasteiger partial charge in [-0.2, -0.15) is 0 Å². The third-order valence-electron chi connectivity index (χ3n) is 3.70. The average Bonchev–Trinajstić information content (AvgIpc) is 3.30. The Kier molecular flexibility index (Phi) is 4.16. The van der Waals surface area contributed by atoms with E-state index in [2.05, 4.69) is 10.3 Å². The summed E-state index contributed by atoms with van der Waals surface area (Å²) in [5, 5.41) is 2.95. The molecule has 0 spiro atoms. The first-order valence-corrected chi connectivity index (χ1v) is 7.30. The maximum absolute atomic E-state index is 12.0. The normalized spacial score (nSPS) is 19.6. The molecule has 108 valence electrons. The van der Waals surface area contributed by atoms with Crippen LogP contribution in [0.25, 0.3) is 0 Å². The highest BCUT2D eigenvalue weighted by atomic mass is 16.5. The smallest absolute Gasteiger partial charge is 0.251 e. The molecule has 2 aliphatic rings. The minimum Gasteiger partial charge on any atom is -0.474 e. The first kappa shape index (κ1) is 13.4. The van der Waals surface area contributed by atoms with Gasteiger partial charge in [0, 0.05) is 37.2 Å². The van der Waals surface area contributed by atoms with Crippen LogP contribution in [0.1, 0.15) is 36.0 Å². The zero-order chi connectivity index (χ0) is 13.8. The molecule has 0 bridgehead atoms. The molecule has 1 saturated carbocycles. The minimum absolute atomic E-state index is 0.0453. The number of hydrogen-bond acceptors (Lipinski definition) is 4. The summed E-state index contributed by atoms with van der Waals surface area (Å²) in [6.45, 7) is 2.23. The number of amides is 1. The number of hydrogen-bond donors (Lipinski definition) is 1. The Hall–Kier alpha value is -1.62. The van der Waals surface area contributed by atoms with Crippen LogP contribution in [0, 0.1) is 5.92 Å². The molecule has 1 aliphatic heterocycles. The Balaban J connectivity index is 1.57. The van der Waals surface area contributed by atoms with E-state index < -0.39 is 0 Å². The number of rotatable bonds is 5. The molecule has 1 saturated heterocycles. The lowest BCUT2D eigenvalue weighted by Gasteiger charge is -2.22. The van der Waals surface area contributed by atoms with Crippen molar-refractivity contribution in [2.45, 2.75) is 31.8 Å². The van der Waals surface area contributed by atoms with Gasteiger partial charge in [0.2, 0.25) is 5.88 Å². The number of pyridine rings is 1. The molecule has 0 aromatic carbocycles. The number of aromatic nitrogens is 1. The summed E-state index contributed by atoms with van der Waals surface area (Å²) < 4.78 is 11.1. The van der Waals surface area contributed by atoms with Crippen molar-refractivity contribution in [2.75, 3.05) is 19.8 Å². The molecular weight excluding hydrogens is 256 g/mol. The summed E-state index contributed by atoms with van der Waals surface area (Å²) in [5.41, 5.74) is 0.614. The van der Waals surface area contributed by atoms with Crippen LogP contribution in [-0.4, -0.2) is 36.8 Å². The van der Waals surface area contributed by atoms with Crippen molar-refractivity contribution >= 4 is 5.91 Å². The van der Waals surface area contributed by atoms with Crippen LogP contribution in [-0.2, 0) is 4.74 Å². The van der Waals surface area contributed by atoms with Crippen molar-refractivity contribution in [3.05, 3.63) is 23.9 Å². The molecule has 1 amide bonds. The van der Waals surface area contributed by atoms with E-state index >= 15 is 0 Å². The third-order valence-corrected chi connectivity index (χ3v) is 3.70. The second kappa shape index (κ2) is 6.22. The van der Waals surface area contributed by atoms with Gasteiger partial charge in [-0.1, -0.05) is 0 Å². The van der Waals surface area contributed by atoms with Gasteiger partial charge >= 0.3 is 0 Å². The molecule has 20 heavy (non-hydrogen) atoms. The first-order chi connectivity index (χ1) is 9.81. The molecular formula is C15H20N2O3. The van der Waals surface area contributed by atoms with Crippen molar-refractivity contribution in [2.24, 2.45) is 5.92 Å². The van der Waals surface area contributed by atoms with Crippen LogP contribution in [0.15, 0.2) is 18.3 Å². The van der Waals surface area contributed by atoms with Gasteiger partial charge in [-0.05, 0) is 24.8 Å². The highest BCUT2D eigenvalue weighted by molar-refractivity contribution is 5.94. The zero-order valence-electron chi connectivity index (χ0n) is 11.5. The van der Waals surface area contributed by atoms with Crippen LogP contribution >= 0.6 is 0 Å². The molecule has 0 unspecified atom stereocenters. The molecule has 5 nitrogen and oxygen atoms in total. The first-order valence-electron chi connectivity index (χ1n) is 7.30. The molecule has 2 heterocycles. The zero-order valence-corrected chi connectivity index (χ0v) is 11.5. The lowest BCUT2D eigenvalue weighted by molar-refractivity contribution is 0.0237. The molecule has 0 radical (unpaired) electrons. The summed E-state index contributed by atoms with van der Waals surface area (Å²) >= 11 is 0. The van der Waals surface area contributed by atoms with Crippen molar-refractivity contribution in [3.8, 4) is 5.88 Å². The maximum Gasteiger partial charge on any atom is 0.251 e. The Labute approximate surface area is 118 Å². The maximum atomic E-state index is 12.0. The summed E-state index contributed by atoms with van der Waals surface area (Å²) in [6, 6.07) is 3.44. The lowest BCUT2D eigenvalue weighted by Crippen LogP contribution is -2.27. The van der Waals surface area contributed by atoms with Crippen molar-refractivity contribution < 1.29 is 14.3 Å². The number of carbonyl (C=O) groups excluding carboxylic acids is 1. The van der Waals surface area contributed by atoms with E-state index in [0.717, 1.165) is 32.6 Å². The Morgan fingerprint density at radius 1 is 1.35 bits per heavy atom. The van der Waals surface area contributed by atoms with Crippen LogP contribution < -0.4 is 10.1 Å². The topological polar surface area (TPSA) is 60.5 Å². The molecule has 1 aliphatic carbocycles. The number of ether oxygens (including phenoxy) is 2. The third kappa shape index (κ3) is 3.70. The molecule has 3 rings (SSSR count). The Morgan fingerprint density at radius 3 is 2.90 bits per heavy atom. The predicted octanol–water partition coefficient (Wildman–Crippen LogP) is 1.78. The van der Waals surface area contributed by atoms with Gasteiger partial charge in [0.05, 0.1) is 13.2 Å². The van der Waals surface area contributed by atoms with E-state index in [1.54, 1.807) is 18.3 Å². The fraction of sp³-hybridized carbons (Fsp3) is 0.600. The molecule has 2 fully saturated rings. The quantitative estimate of drug-likeness (QED) is 0.890. The van der Waals surface area contributed by atoms with Crippen molar-refractivity contribution in [3.63, 3.8) is 0 Å². The number of carbonyl (C=O) groups is 1. The van der Waals surface area contributed by atoms with E-state index in [1.807, 2.05) is 0 Å². The second-order valence-corrected chi connectivity index (χ2v) is 5.47. The number of nitrogens with zero attached hydrogens (tertiary/aromatic N) is 1. The van der Waals surface area contributed by atoms with Crippen LogP contribution in [0.2, 0.25) is 0 Å². The lowest BCUT2D eigenvalue weighted by atomic mass is 10.1. The fourth-order valence-electron chi connectivity index (χ4n) is 2.24. The summed E-state index contributed by atoms with van der Waals surface area (Å²) in [4.78, 5) is 16.2. The van der Waals surface area contributed by atoms with E-state index in [1.165, 1.54) is 12.8 Å². The summed E-state index contributed by atoms with van der Waals surface area (Å²) in [7, 11) is 0. The van der Waals surface area contributed by atoms with Gasteiger partial charge in [0.15, 0.2) is 0 Å². The van der Waals surface area contributed by atoms with Gasteiger partial charge in [-0.25, -0.2) is 4.98 Å². The standard InChI is InChI=1S/C15H20N2O3/c18-15(17-10-11-1-2-11)12-3-6-16-14(9-12)20-13-4-7-19-8-5-13/h3,6,9,11,13H,1-2,4-5,7-8,10H2,(H,17,18). The largest absolute Gasteiger partial charge is 0.474 e. The Morgan fingerprint density at radius 2 is 2.15 bits per heavy atom. The van der Waals surface area contributed by atoms with Gasteiger partial charge in [0.1, 0.15) is 6.10 Å². The molecule has 0 atom stereocenters. The van der Waals surface area contributed by atoms with E-state index in [-0.39, 0.29) is 12.0 Å². The average molecular weight is 276 g/mol. The monoisotopic (exact) mass is 276 g/mol. The molecule has 1 aromatic rings. The van der Waals surface area contributed by atoms with Crippen molar-refractivity contribution in [1.29, 1.82) is 0 Å². The van der Waals surface area contributed by atoms with Crippen molar-refractivity contribution in [1.82, 2.24) is 10.3 Å². The van der Waals surface area contributed by atoms with Crippen LogP contribution in [0.5, 0.6) is 5.88 Å². The summed E-state index contributed by atoms with van der Waals surface area (Å²) in [5.74, 6) is 1.16. The molecule has 1 aromatic heterocycles. The van der Waals surface area contributed by atoms with E-state index in [4.69, 9.17) is 9.47 Å². The van der Waals surface area contributed by atoms with Gasteiger partial charge in [-0.15, -0.1) is 0 Å². The van der Waals surface area contributed by atoms with Crippen LogP contribution in [0.3, 0.4) is 0 Å². The minimum atomic E-state index is -0.0453. The van der Waals surface area contributed by atoms with Gasteiger partial charge in [-0.3, -0.25) is 4.79 Å². The fourth-order valence-corrected chi connectivity index (χ4v) is 2.24. The van der Waals surface area contributed by atoms with Crippen LogP contribution in [0.4, 0.5) is 0 Å². The number of nitrogens with one attached hydrogen (secondary N) is 1. The van der Waals surface area contributed by atoms with Gasteiger partial charge in [0.25, 0.3) is 5.91 Å². The Bertz CT molecular complexity index is 468. The highest BCUT2D eigenvalue weighted by Gasteiger charge is 2.22. The SMILES string of the molecule is O=C(NCC1CC1)c1ccnc(OC2CCOCC2)c1. The molecule has 1 N–H and O–H groups in total. The summed E-state index contributed by atoms with van der Waals surface area (Å²) in [6.07, 6.45) is 5.98. The van der Waals surface area contributed by atoms with E-state index in [0.29, 0.717) is 17.4 Å². The van der Waals surface area contributed by atoms with E-state index in [9.17, 15) is 4.79 Å².